The van der Waals surface area contributed by atoms with Gasteiger partial charge in [0.1, 0.15) is 5.82 Å². The lowest BCUT2D eigenvalue weighted by Crippen LogP contribution is -2.05. The van der Waals surface area contributed by atoms with E-state index in [2.05, 4.69) is 26.2 Å². The molecule has 0 saturated heterocycles. The number of anilines is 3. The zero-order chi connectivity index (χ0) is 14.0. The number of aromatic nitrogens is 1. The molecule has 0 aliphatic carbocycles. The van der Waals surface area contributed by atoms with E-state index >= 15 is 0 Å². The first-order valence-electron chi connectivity index (χ1n) is 5.49. The summed E-state index contributed by atoms with van der Waals surface area (Å²) in [5, 5.41) is 12.0. The molecule has 1 aromatic heterocycles. The maximum atomic E-state index is 11.0. The van der Waals surface area contributed by atoms with Crippen LogP contribution in [0.3, 0.4) is 0 Å². The average molecular weight is 322 g/mol. The van der Waals surface area contributed by atoms with E-state index in [4.69, 9.17) is 10.8 Å². The summed E-state index contributed by atoms with van der Waals surface area (Å²) in [4.78, 5) is 15.0. The number of halogens is 1. The fourth-order valence-electron chi connectivity index (χ4n) is 1.59. The van der Waals surface area contributed by atoms with Gasteiger partial charge >= 0.3 is 5.97 Å². The molecule has 4 N–H and O–H groups in total. The van der Waals surface area contributed by atoms with Crippen LogP contribution in [0.2, 0.25) is 0 Å². The van der Waals surface area contributed by atoms with Gasteiger partial charge in [0.15, 0.2) is 0 Å². The molecule has 0 aliphatic rings. The lowest BCUT2D eigenvalue weighted by molar-refractivity contribution is 0.0698. The SMILES string of the molecule is Cc1cc(Nc2cc(C(=O)O)c(N)cn2)ccc1Br. The molecule has 5 nitrogen and oxygen atoms in total. The maximum Gasteiger partial charge on any atom is 0.337 e. The first-order chi connectivity index (χ1) is 8.97. The normalized spacial score (nSPS) is 10.2. The van der Waals surface area contributed by atoms with E-state index in [0.717, 1.165) is 15.7 Å². The Morgan fingerprint density at radius 3 is 2.79 bits per heavy atom. The van der Waals surface area contributed by atoms with Gasteiger partial charge in [-0.1, -0.05) is 15.9 Å². The number of carbonyl (C=O) groups is 1. The predicted molar refractivity (Wildman–Crippen MR) is 77.8 cm³/mol. The number of nitrogens with two attached hydrogens (primary N) is 1. The van der Waals surface area contributed by atoms with Crippen molar-refractivity contribution in [3.05, 3.63) is 46.1 Å². The highest BCUT2D eigenvalue weighted by Crippen LogP contribution is 2.23. The van der Waals surface area contributed by atoms with Crippen molar-refractivity contribution in [1.82, 2.24) is 4.98 Å². The number of nitrogen functional groups attached to an aromatic ring is 1. The summed E-state index contributed by atoms with van der Waals surface area (Å²) in [6.45, 7) is 1.97. The number of benzene rings is 1. The van der Waals surface area contributed by atoms with Crippen LogP contribution in [0.5, 0.6) is 0 Å². The van der Waals surface area contributed by atoms with E-state index in [1.54, 1.807) is 0 Å². The van der Waals surface area contributed by atoms with Crippen LogP contribution < -0.4 is 11.1 Å². The summed E-state index contributed by atoms with van der Waals surface area (Å²) in [6, 6.07) is 7.13. The zero-order valence-corrected chi connectivity index (χ0v) is 11.7. The Balaban J connectivity index is 2.30. The van der Waals surface area contributed by atoms with E-state index in [1.165, 1.54) is 12.3 Å². The zero-order valence-electron chi connectivity index (χ0n) is 10.1. The minimum Gasteiger partial charge on any atom is -0.478 e. The average Bonchev–Trinajstić information content (AvgIpc) is 2.36. The molecule has 1 aromatic carbocycles. The topological polar surface area (TPSA) is 88.2 Å². The van der Waals surface area contributed by atoms with Crippen molar-refractivity contribution >= 4 is 39.1 Å². The van der Waals surface area contributed by atoms with Crippen LogP contribution in [0.25, 0.3) is 0 Å². The highest BCUT2D eigenvalue weighted by Gasteiger charge is 2.09. The van der Waals surface area contributed by atoms with Crippen LogP contribution in [0, 0.1) is 6.92 Å². The van der Waals surface area contributed by atoms with Crippen molar-refractivity contribution < 1.29 is 9.90 Å². The van der Waals surface area contributed by atoms with Gasteiger partial charge in [0, 0.05) is 10.2 Å². The molecule has 0 spiro atoms. The highest BCUT2D eigenvalue weighted by atomic mass is 79.9. The van der Waals surface area contributed by atoms with Gasteiger partial charge in [-0.05, 0) is 36.8 Å². The van der Waals surface area contributed by atoms with Crippen LogP contribution in [-0.4, -0.2) is 16.1 Å². The molecule has 19 heavy (non-hydrogen) atoms. The number of aryl methyl sites for hydroxylation is 1. The van der Waals surface area contributed by atoms with E-state index in [1.807, 2.05) is 25.1 Å². The molecule has 1 heterocycles. The summed E-state index contributed by atoms with van der Waals surface area (Å²) in [5.74, 6) is -0.636. The molecule has 6 heteroatoms. The van der Waals surface area contributed by atoms with E-state index in [-0.39, 0.29) is 11.3 Å². The lowest BCUT2D eigenvalue weighted by atomic mass is 10.2. The number of carboxylic acid groups (broad SMARTS) is 1. The Labute approximate surface area is 118 Å². The van der Waals surface area contributed by atoms with Gasteiger partial charge in [-0.3, -0.25) is 0 Å². The second-order valence-corrected chi connectivity index (χ2v) is 4.91. The van der Waals surface area contributed by atoms with Crippen LogP contribution in [0.1, 0.15) is 15.9 Å². The smallest absolute Gasteiger partial charge is 0.337 e. The van der Waals surface area contributed by atoms with Crippen molar-refractivity contribution in [2.24, 2.45) is 0 Å². The van der Waals surface area contributed by atoms with E-state index in [0.29, 0.717) is 5.82 Å². The summed E-state index contributed by atoms with van der Waals surface area (Å²) in [7, 11) is 0. The fraction of sp³-hybridized carbons (Fsp3) is 0.0769. The predicted octanol–water partition coefficient (Wildman–Crippen LogP) is 3.18. The summed E-state index contributed by atoms with van der Waals surface area (Å²) in [6.07, 6.45) is 1.33. The summed E-state index contributed by atoms with van der Waals surface area (Å²) < 4.78 is 1.01. The number of hydrogen-bond donors (Lipinski definition) is 3. The van der Waals surface area contributed by atoms with E-state index in [9.17, 15) is 4.79 Å². The van der Waals surface area contributed by atoms with Crippen LogP contribution in [0.4, 0.5) is 17.2 Å². The maximum absolute atomic E-state index is 11.0. The number of nitrogens with zero attached hydrogens (tertiary/aromatic N) is 1. The number of hydrogen-bond acceptors (Lipinski definition) is 4. The molecule has 0 aliphatic heterocycles. The Kier molecular flexibility index (Phi) is 3.71. The van der Waals surface area contributed by atoms with Gasteiger partial charge in [-0.2, -0.15) is 0 Å². The summed E-state index contributed by atoms with van der Waals surface area (Å²) in [5.41, 5.74) is 7.62. The van der Waals surface area contributed by atoms with Crippen molar-refractivity contribution in [2.75, 3.05) is 11.1 Å². The van der Waals surface area contributed by atoms with Crippen LogP contribution >= 0.6 is 15.9 Å². The minimum absolute atomic E-state index is 0.0336. The van der Waals surface area contributed by atoms with Crippen molar-refractivity contribution in [3.8, 4) is 0 Å². The molecule has 2 aromatic rings. The highest BCUT2D eigenvalue weighted by molar-refractivity contribution is 9.10. The van der Waals surface area contributed by atoms with Gasteiger partial charge in [0.2, 0.25) is 0 Å². The molecular weight excluding hydrogens is 310 g/mol. The van der Waals surface area contributed by atoms with Gasteiger partial charge in [-0.15, -0.1) is 0 Å². The second kappa shape index (κ2) is 5.27. The third-order valence-corrected chi connectivity index (χ3v) is 3.49. The number of nitrogens with one attached hydrogen (secondary N) is 1. The van der Waals surface area contributed by atoms with Gasteiger partial charge in [0.05, 0.1) is 17.4 Å². The van der Waals surface area contributed by atoms with Gasteiger partial charge < -0.3 is 16.2 Å². The van der Waals surface area contributed by atoms with Crippen molar-refractivity contribution in [3.63, 3.8) is 0 Å². The quantitative estimate of drug-likeness (QED) is 0.808. The molecular formula is C13H12BrN3O2. The molecule has 0 atom stereocenters. The number of rotatable bonds is 3. The minimum atomic E-state index is -1.07. The monoisotopic (exact) mass is 321 g/mol. The standard InChI is InChI=1S/C13H12BrN3O2/c1-7-4-8(2-3-10(7)14)17-12-5-9(13(18)19)11(15)6-16-12/h2-6H,15H2,1H3,(H,16,17)(H,18,19). The largest absolute Gasteiger partial charge is 0.478 e. The molecule has 0 bridgehead atoms. The van der Waals surface area contributed by atoms with Gasteiger partial charge in [0.25, 0.3) is 0 Å². The first-order valence-corrected chi connectivity index (χ1v) is 6.28. The molecule has 98 valence electrons. The lowest BCUT2D eigenvalue weighted by Gasteiger charge is -2.09. The Bertz CT molecular complexity index is 644. The van der Waals surface area contributed by atoms with Crippen LogP contribution in [-0.2, 0) is 0 Å². The van der Waals surface area contributed by atoms with E-state index < -0.39 is 5.97 Å². The third kappa shape index (κ3) is 3.03. The molecule has 0 unspecified atom stereocenters. The first kappa shape index (κ1) is 13.4. The van der Waals surface area contributed by atoms with Gasteiger partial charge in [-0.25, -0.2) is 9.78 Å². The number of pyridine rings is 1. The second-order valence-electron chi connectivity index (χ2n) is 4.05. The fourth-order valence-corrected chi connectivity index (χ4v) is 1.84. The molecule has 0 fully saturated rings. The van der Waals surface area contributed by atoms with Crippen molar-refractivity contribution in [1.29, 1.82) is 0 Å². The molecule has 0 saturated carbocycles. The molecule has 2 rings (SSSR count). The molecule has 0 amide bonds. The third-order valence-electron chi connectivity index (χ3n) is 2.60. The summed E-state index contributed by atoms with van der Waals surface area (Å²) >= 11 is 3.42. The number of carboxylic acids is 1. The Hall–Kier alpha value is -2.08. The Morgan fingerprint density at radius 2 is 2.16 bits per heavy atom. The van der Waals surface area contributed by atoms with Crippen LogP contribution in [0.15, 0.2) is 34.9 Å². The Morgan fingerprint density at radius 1 is 1.42 bits per heavy atom. The number of aromatic carboxylic acids is 1. The molecule has 0 radical (unpaired) electrons. The van der Waals surface area contributed by atoms with Crippen molar-refractivity contribution in [2.45, 2.75) is 6.92 Å².